The first kappa shape index (κ1) is 23.0. The predicted octanol–water partition coefficient (Wildman–Crippen LogP) is 8.69. The Labute approximate surface area is 178 Å². The van der Waals surface area contributed by atoms with Crippen molar-refractivity contribution in [1.29, 1.82) is 0 Å². The maximum absolute atomic E-state index is 5.78. The Hall–Kier alpha value is -2.28. The van der Waals surface area contributed by atoms with Crippen molar-refractivity contribution in [1.82, 2.24) is 0 Å². The van der Waals surface area contributed by atoms with Crippen molar-refractivity contribution in [3.8, 4) is 11.5 Å². The van der Waals surface area contributed by atoms with Gasteiger partial charge in [-0.05, 0) is 72.9 Å². The average Bonchev–Trinajstić information content (AvgIpc) is 2.77. The summed E-state index contributed by atoms with van der Waals surface area (Å²) in [5.41, 5.74) is 4.64. The van der Waals surface area contributed by atoms with Gasteiger partial charge >= 0.3 is 0 Å². The molecule has 0 saturated carbocycles. The van der Waals surface area contributed by atoms with Crippen molar-refractivity contribution in [2.24, 2.45) is 5.41 Å². The van der Waals surface area contributed by atoms with E-state index >= 15 is 0 Å². The van der Waals surface area contributed by atoms with Gasteiger partial charge < -0.3 is 4.74 Å². The van der Waals surface area contributed by atoms with E-state index in [0.29, 0.717) is 5.41 Å². The molecule has 156 valence electrons. The molecule has 0 radical (unpaired) electrons. The molecule has 3 rings (SSSR count). The predicted molar refractivity (Wildman–Crippen MR) is 127 cm³/mol. The molecular weight excluding hydrogens is 352 g/mol. The van der Waals surface area contributed by atoms with Gasteiger partial charge in [0.15, 0.2) is 0 Å². The smallest absolute Gasteiger partial charge is 0.127 e. The molecule has 0 aromatic heterocycles. The summed E-state index contributed by atoms with van der Waals surface area (Å²) >= 11 is 0. The highest BCUT2D eigenvalue weighted by Gasteiger charge is 2.19. The molecule has 0 saturated heterocycles. The van der Waals surface area contributed by atoms with E-state index in [0.717, 1.165) is 24.3 Å². The summed E-state index contributed by atoms with van der Waals surface area (Å²) in [6.07, 6.45) is 14.2. The largest absolute Gasteiger partial charge is 0.457 e. The summed E-state index contributed by atoms with van der Waals surface area (Å²) < 4.78 is 5.78. The molecule has 0 bridgehead atoms. The molecule has 29 heavy (non-hydrogen) atoms. The standard InChI is InChI=1S/C16H18O.C12H20/c1-3-13-5-9-15(10-6-13)17-16-11-7-14(4-2)8-12-16;1-4-6-11-7-9-12(3,5-2)10-8-11/h5-12H,3-4H2,1-2H3;7-9H,4-6,10H2,1-3H3. The Balaban J connectivity index is 0.000000221. The van der Waals surface area contributed by atoms with Crippen LogP contribution in [0.4, 0.5) is 0 Å². The highest BCUT2D eigenvalue weighted by atomic mass is 16.5. The molecule has 2 aromatic rings. The highest BCUT2D eigenvalue weighted by Crippen LogP contribution is 2.33. The lowest BCUT2D eigenvalue weighted by Crippen LogP contribution is -2.12. The van der Waals surface area contributed by atoms with Crippen molar-refractivity contribution in [3.05, 3.63) is 83.5 Å². The van der Waals surface area contributed by atoms with Gasteiger partial charge in [-0.15, -0.1) is 0 Å². The van der Waals surface area contributed by atoms with E-state index in [1.807, 2.05) is 24.3 Å². The molecule has 1 nitrogen and oxygen atoms in total. The Morgan fingerprint density at radius 2 is 1.31 bits per heavy atom. The molecule has 0 fully saturated rings. The third-order valence-corrected chi connectivity index (χ3v) is 5.78. The molecule has 1 aliphatic rings. The topological polar surface area (TPSA) is 9.23 Å². The summed E-state index contributed by atoms with van der Waals surface area (Å²) in [7, 11) is 0. The van der Waals surface area contributed by atoms with Gasteiger partial charge in [-0.2, -0.15) is 0 Å². The second-order valence-corrected chi connectivity index (χ2v) is 8.17. The van der Waals surface area contributed by atoms with Crippen molar-refractivity contribution in [2.45, 2.75) is 73.1 Å². The zero-order valence-corrected chi connectivity index (χ0v) is 19.0. The first-order valence-corrected chi connectivity index (χ1v) is 11.3. The van der Waals surface area contributed by atoms with Crippen LogP contribution in [0.15, 0.2) is 72.3 Å². The zero-order valence-electron chi connectivity index (χ0n) is 19.0. The molecule has 1 aliphatic carbocycles. The molecule has 0 heterocycles. The van der Waals surface area contributed by atoms with Gasteiger partial charge in [0, 0.05) is 0 Å². The van der Waals surface area contributed by atoms with Crippen LogP contribution in [0.1, 0.15) is 71.4 Å². The first-order valence-electron chi connectivity index (χ1n) is 11.3. The lowest BCUT2D eigenvalue weighted by Gasteiger charge is -2.26. The van der Waals surface area contributed by atoms with E-state index in [1.165, 1.54) is 42.4 Å². The van der Waals surface area contributed by atoms with Gasteiger partial charge in [0.2, 0.25) is 0 Å². The third-order valence-electron chi connectivity index (χ3n) is 5.78. The van der Waals surface area contributed by atoms with Crippen LogP contribution in [0.2, 0.25) is 0 Å². The number of rotatable bonds is 7. The second kappa shape index (κ2) is 11.7. The fourth-order valence-corrected chi connectivity index (χ4v) is 3.27. The maximum Gasteiger partial charge on any atom is 0.127 e. The Bertz CT molecular complexity index is 735. The SMILES string of the molecule is CCCC1=CCC(C)(CC)C=C1.CCc1ccc(Oc2ccc(CC)cc2)cc1. The number of hydrogen-bond donors (Lipinski definition) is 0. The van der Waals surface area contributed by atoms with Crippen LogP contribution >= 0.6 is 0 Å². The van der Waals surface area contributed by atoms with E-state index in [4.69, 9.17) is 4.74 Å². The molecule has 0 N–H and O–H groups in total. The van der Waals surface area contributed by atoms with Crippen LogP contribution < -0.4 is 4.74 Å². The Kier molecular flexibility index (Phi) is 9.25. The van der Waals surface area contributed by atoms with Gasteiger partial charge in [-0.25, -0.2) is 0 Å². The van der Waals surface area contributed by atoms with Crippen LogP contribution in [0.5, 0.6) is 11.5 Å². The van der Waals surface area contributed by atoms with E-state index in [2.05, 4.69) is 77.1 Å². The molecule has 2 aromatic carbocycles. The van der Waals surface area contributed by atoms with Crippen LogP contribution in [0, 0.1) is 5.41 Å². The lowest BCUT2D eigenvalue weighted by atomic mass is 9.79. The van der Waals surface area contributed by atoms with Crippen molar-refractivity contribution in [2.75, 3.05) is 0 Å². The summed E-state index contributed by atoms with van der Waals surface area (Å²) in [4.78, 5) is 0. The third kappa shape index (κ3) is 7.57. The van der Waals surface area contributed by atoms with Crippen LogP contribution in [-0.4, -0.2) is 0 Å². The van der Waals surface area contributed by atoms with Crippen LogP contribution in [0.25, 0.3) is 0 Å². The number of aryl methyl sites for hydroxylation is 2. The zero-order chi connectivity index (χ0) is 21.1. The van der Waals surface area contributed by atoms with Gasteiger partial charge in [0.25, 0.3) is 0 Å². The number of benzene rings is 2. The monoisotopic (exact) mass is 390 g/mol. The second-order valence-electron chi connectivity index (χ2n) is 8.17. The lowest BCUT2D eigenvalue weighted by molar-refractivity contribution is 0.411. The number of hydrogen-bond acceptors (Lipinski definition) is 1. The van der Waals surface area contributed by atoms with Crippen LogP contribution in [-0.2, 0) is 12.8 Å². The van der Waals surface area contributed by atoms with E-state index < -0.39 is 0 Å². The molecule has 1 heteroatoms. The number of ether oxygens (including phenoxy) is 1. The maximum atomic E-state index is 5.78. The Morgan fingerprint density at radius 3 is 1.66 bits per heavy atom. The van der Waals surface area contributed by atoms with Gasteiger partial charge in [-0.1, -0.05) is 89.1 Å². The summed E-state index contributed by atoms with van der Waals surface area (Å²) in [6, 6.07) is 16.5. The minimum atomic E-state index is 0.442. The highest BCUT2D eigenvalue weighted by molar-refractivity contribution is 5.34. The summed E-state index contributed by atoms with van der Waals surface area (Å²) in [5.74, 6) is 1.79. The normalized spacial score (nSPS) is 17.9. The van der Waals surface area contributed by atoms with Crippen LogP contribution in [0.3, 0.4) is 0 Å². The summed E-state index contributed by atoms with van der Waals surface area (Å²) in [6.45, 7) is 11.1. The molecule has 0 amide bonds. The molecule has 1 atom stereocenters. The van der Waals surface area contributed by atoms with E-state index in [1.54, 1.807) is 0 Å². The minimum Gasteiger partial charge on any atom is -0.457 e. The van der Waals surface area contributed by atoms with Gasteiger partial charge in [0.05, 0.1) is 0 Å². The van der Waals surface area contributed by atoms with E-state index in [-0.39, 0.29) is 0 Å². The van der Waals surface area contributed by atoms with E-state index in [9.17, 15) is 0 Å². The quantitative estimate of drug-likeness (QED) is 0.459. The molecular formula is C28H38O. The number of allylic oxidation sites excluding steroid dienone is 4. The average molecular weight is 391 g/mol. The first-order chi connectivity index (χ1) is 14.0. The molecule has 1 unspecified atom stereocenters. The van der Waals surface area contributed by atoms with Gasteiger partial charge in [0.1, 0.15) is 11.5 Å². The van der Waals surface area contributed by atoms with Crippen molar-refractivity contribution in [3.63, 3.8) is 0 Å². The fraction of sp³-hybridized carbons (Fsp3) is 0.429. The van der Waals surface area contributed by atoms with Gasteiger partial charge in [-0.3, -0.25) is 0 Å². The summed E-state index contributed by atoms with van der Waals surface area (Å²) in [5, 5.41) is 0. The molecule has 0 aliphatic heterocycles. The Morgan fingerprint density at radius 1 is 0.793 bits per heavy atom. The fourth-order valence-electron chi connectivity index (χ4n) is 3.27. The molecule has 0 spiro atoms. The minimum absolute atomic E-state index is 0.442. The van der Waals surface area contributed by atoms with Crippen molar-refractivity contribution >= 4 is 0 Å². The van der Waals surface area contributed by atoms with Crippen molar-refractivity contribution < 1.29 is 4.74 Å².